The largest absolute Gasteiger partial charge is 0.465 e. The van der Waals surface area contributed by atoms with E-state index in [1.807, 2.05) is 0 Å². The highest BCUT2D eigenvalue weighted by molar-refractivity contribution is 5.71. The monoisotopic (exact) mass is 1120 g/mol. The number of nitrogens with one attached hydrogen (secondary N) is 1. The summed E-state index contributed by atoms with van der Waals surface area (Å²) in [6.45, 7) is 11.7. The number of esters is 3. The first-order valence-corrected chi connectivity index (χ1v) is 32.5. The van der Waals surface area contributed by atoms with Crippen molar-refractivity contribution in [1.29, 1.82) is 0 Å². The Balaban J connectivity index is 3.02. The molecule has 1 amide bonds. The summed E-state index contributed by atoms with van der Waals surface area (Å²) in [6.07, 6.45) is 60.0. The number of likely N-dealkylation sites (tertiary alicyclic amines) is 1. The lowest BCUT2D eigenvalue weighted by atomic mass is 9.92. The average Bonchev–Trinajstić information content (AvgIpc) is 3.99. The van der Waals surface area contributed by atoms with Crippen LogP contribution in [0.15, 0.2) is 72.9 Å². The molecule has 80 heavy (non-hydrogen) atoms. The van der Waals surface area contributed by atoms with Crippen molar-refractivity contribution in [3.63, 3.8) is 0 Å². The number of rotatable bonds is 56. The summed E-state index contributed by atoms with van der Waals surface area (Å²) in [5, 5.41) is 2.85. The first-order chi connectivity index (χ1) is 39.3. The van der Waals surface area contributed by atoms with Gasteiger partial charge in [-0.15, -0.1) is 0 Å². The van der Waals surface area contributed by atoms with Crippen molar-refractivity contribution in [1.82, 2.24) is 10.2 Å². The van der Waals surface area contributed by atoms with Crippen molar-refractivity contribution in [2.45, 2.75) is 265 Å². The van der Waals surface area contributed by atoms with Gasteiger partial charge >= 0.3 is 24.0 Å². The van der Waals surface area contributed by atoms with E-state index in [4.69, 9.17) is 28.4 Å². The molecular formula is C68H118N2O10. The Morgan fingerprint density at radius 2 is 0.812 bits per heavy atom. The van der Waals surface area contributed by atoms with Crippen LogP contribution in [0.3, 0.4) is 0 Å². The Kier molecular flexibility index (Phi) is 52.6. The molecule has 1 heterocycles. The molecule has 12 heteroatoms. The normalized spacial score (nSPS) is 13.5. The van der Waals surface area contributed by atoms with Crippen LogP contribution in [0.2, 0.25) is 0 Å². The summed E-state index contributed by atoms with van der Waals surface area (Å²) >= 11 is 0. The molecule has 1 N–H and O–H groups in total. The maximum atomic E-state index is 13.7. The molecular weight excluding hydrogens is 1000 g/mol. The van der Waals surface area contributed by atoms with Crippen LogP contribution in [0, 0.1) is 5.41 Å². The van der Waals surface area contributed by atoms with Crippen molar-refractivity contribution in [2.75, 3.05) is 65.8 Å². The Bertz CT molecular complexity index is 1560. The Morgan fingerprint density at radius 1 is 0.438 bits per heavy atom. The van der Waals surface area contributed by atoms with Crippen molar-refractivity contribution in [3.05, 3.63) is 72.9 Å². The number of carbonyl (C=O) groups is 4. The molecule has 0 aromatic heterocycles. The van der Waals surface area contributed by atoms with Crippen LogP contribution in [0.4, 0.5) is 4.79 Å². The van der Waals surface area contributed by atoms with E-state index < -0.39 is 35.7 Å². The molecule has 0 unspecified atom stereocenters. The number of carbonyl (C=O) groups excluding carboxylic acids is 4. The predicted molar refractivity (Wildman–Crippen MR) is 331 cm³/mol. The van der Waals surface area contributed by atoms with Crippen LogP contribution in [0.25, 0.3) is 0 Å². The molecule has 1 rings (SSSR count). The standard InChI is InChI=1S/C68H118N2O10/c1-5-9-13-17-21-23-25-27-29-31-33-35-37-39-43-49-63(71)77-59-68(62-80-67(74)69-53-56-70-54-45-46-55-70,60-78-64(72)50-44-40-38-36-34-32-30-28-26-24-22-18-14-10-6-2)61-79-65(73)51-52-66(75-57-47-41-19-15-11-7-3)76-58-48-42-20-16-12-8-4/h11-12,15-16,21-24,27-30,66H,5-10,13-14,17-20,25-26,31-62H2,1-4H3,(H,69,74)/b15-11-,16-12-,23-21-,24-22-,29-27-,30-28-. The summed E-state index contributed by atoms with van der Waals surface area (Å²) in [6, 6.07) is 0. The van der Waals surface area contributed by atoms with Gasteiger partial charge in [0.25, 0.3) is 0 Å². The number of ether oxygens (including phenoxy) is 6. The van der Waals surface area contributed by atoms with Gasteiger partial charge in [0.2, 0.25) is 0 Å². The van der Waals surface area contributed by atoms with Gasteiger partial charge in [0.15, 0.2) is 6.29 Å². The molecule has 12 nitrogen and oxygen atoms in total. The molecule has 460 valence electrons. The van der Waals surface area contributed by atoms with Crippen molar-refractivity contribution in [3.8, 4) is 0 Å². The third kappa shape index (κ3) is 48.7. The Morgan fingerprint density at radius 3 is 1.25 bits per heavy atom. The fraction of sp³-hybridized carbons (Fsp3) is 0.765. The highest BCUT2D eigenvalue weighted by Crippen LogP contribution is 2.24. The second kappa shape index (κ2) is 56.8. The minimum absolute atomic E-state index is 0.0102. The van der Waals surface area contributed by atoms with Gasteiger partial charge in [0.1, 0.15) is 31.8 Å². The molecule has 0 spiro atoms. The summed E-state index contributed by atoms with van der Waals surface area (Å²) in [4.78, 5) is 55.9. The summed E-state index contributed by atoms with van der Waals surface area (Å²) < 4.78 is 36.0. The van der Waals surface area contributed by atoms with E-state index in [9.17, 15) is 19.2 Å². The van der Waals surface area contributed by atoms with Gasteiger partial charge in [-0.1, -0.05) is 165 Å². The fourth-order valence-corrected chi connectivity index (χ4v) is 9.10. The van der Waals surface area contributed by atoms with Gasteiger partial charge in [-0.3, -0.25) is 14.4 Å². The van der Waals surface area contributed by atoms with Crippen LogP contribution in [0.5, 0.6) is 0 Å². The smallest absolute Gasteiger partial charge is 0.407 e. The third-order valence-electron chi connectivity index (χ3n) is 14.2. The molecule has 1 fully saturated rings. The number of nitrogens with zero attached hydrogens (tertiary/aromatic N) is 1. The lowest BCUT2D eigenvalue weighted by molar-refractivity contribution is -0.169. The van der Waals surface area contributed by atoms with Crippen molar-refractivity contribution < 1.29 is 47.6 Å². The summed E-state index contributed by atoms with van der Waals surface area (Å²) in [5.74, 6) is -1.32. The molecule has 0 saturated carbocycles. The van der Waals surface area contributed by atoms with Crippen molar-refractivity contribution >= 4 is 24.0 Å². The number of unbranched alkanes of at least 4 members (excludes halogenated alkanes) is 20. The van der Waals surface area contributed by atoms with Crippen LogP contribution in [0.1, 0.15) is 259 Å². The number of amides is 1. The van der Waals surface area contributed by atoms with E-state index in [2.05, 4.69) is 111 Å². The predicted octanol–water partition coefficient (Wildman–Crippen LogP) is 17.5. The maximum Gasteiger partial charge on any atom is 0.407 e. The molecule has 0 aromatic rings. The third-order valence-corrected chi connectivity index (χ3v) is 14.2. The fourth-order valence-electron chi connectivity index (χ4n) is 9.10. The minimum atomic E-state index is -1.35. The number of allylic oxidation sites excluding steroid dienone is 12. The number of alkyl carbamates (subject to hydrolysis) is 1. The zero-order chi connectivity index (χ0) is 57.9. The maximum absolute atomic E-state index is 13.7. The quantitative estimate of drug-likeness (QED) is 0.0205. The highest BCUT2D eigenvalue weighted by atomic mass is 16.7. The van der Waals surface area contributed by atoms with E-state index >= 15 is 0 Å². The van der Waals surface area contributed by atoms with Gasteiger partial charge in [0.05, 0.1) is 6.42 Å². The molecule has 0 aromatic carbocycles. The topological polar surface area (TPSA) is 139 Å². The minimum Gasteiger partial charge on any atom is -0.465 e. The van der Waals surface area contributed by atoms with E-state index in [0.717, 1.165) is 167 Å². The van der Waals surface area contributed by atoms with E-state index in [-0.39, 0.29) is 52.1 Å². The second-order valence-corrected chi connectivity index (χ2v) is 22.0. The van der Waals surface area contributed by atoms with E-state index in [0.29, 0.717) is 39.1 Å². The van der Waals surface area contributed by atoms with Gasteiger partial charge in [-0.25, -0.2) is 4.79 Å². The first kappa shape index (κ1) is 74.0. The zero-order valence-electron chi connectivity index (χ0n) is 51.6. The van der Waals surface area contributed by atoms with Gasteiger partial charge < -0.3 is 38.6 Å². The average molecular weight is 1120 g/mol. The summed E-state index contributed by atoms with van der Waals surface area (Å²) in [5.41, 5.74) is -1.35. The molecule has 1 saturated heterocycles. The molecule has 0 bridgehead atoms. The number of hydrogen-bond donors (Lipinski definition) is 1. The van der Waals surface area contributed by atoms with Gasteiger partial charge in [0, 0.05) is 45.6 Å². The van der Waals surface area contributed by atoms with Gasteiger partial charge in [-0.05, 0) is 154 Å². The Labute approximate surface area is 489 Å². The molecule has 0 atom stereocenters. The highest BCUT2D eigenvalue weighted by Gasteiger charge is 2.38. The van der Waals surface area contributed by atoms with Crippen LogP contribution in [-0.4, -0.2) is 101 Å². The van der Waals surface area contributed by atoms with Crippen LogP contribution >= 0.6 is 0 Å². The molecule has 0 radical (unpaired) electrons. The molecule has 1 aliphatic rings. The summed E-state index contributed by atoms with van der Waals surface area (Å²) in [7, 11) is 0. The SMILES string of the molecule is CC/C=C\CCCCOC(CCC(=O)OCC(COC(=O)CCCCCCC/C=C\C/C=C\CCCCC)(COC(=O)CCCCCCC/C=C\C/C=C\CCCCC)COC(=O)NCCN1CCCC1)OCCCC/C=C\CC. The zero-order valence-corrected chi connectivity index (χ0v) is 51.6. The molecule has 0 aliphatic carbocycles. The van der Waals surface area contributed by atoms with Crippen molar-refractivity contribution in [2.24, 2.45) is 5.41 Å². The van der Waals surface area contributed by atoms with Gasteiger partial charge in [-0.2, -0.15) is 0 Å². The second-order valence-electron chi connectivity index (χ2n) is 22.0. The Hall–Kier alpha value is -4.00. The van der Waals surface area contributed by atoms with E-state index in [1.165, 1.54) is 38.5 Å². The lowest BCUT2D eigenvalue weighted by Crippen LogP contribution is -2.45. The lowest BCUT2D eigenvalue weighted by Gasteiger charge is -2.31. The van der Waals surface area contributed by atoms with E-state index in [1.54, 1.807) is 0 Å². The van der Waals surface area contributed by atoms with Crippen LogP contribution in [-0.2, 0) is 42.8 Å². The molecule has 1 aliphatic heterocycles. The number of hydrogen-bond acceptors (Lipinski definition) is 11. The first-order valence-electron chi connectivity index (χ1n) is 32.5. The van der Waals surface area contributed by atoms with Crippen LogP contribution < -0.4 is 5.32 Å².